The molecule has 4 rings (SSSR count). The summed E-state index contributed by atoms with van der Waals surface area (Å²) in [6, 6.07) is 17.4. The highest BCUT2D eigenvalue weighted by molar-refractivity contribution is 8.01. The van der Waals surface area contributed by atoms with E-state index in [0.717, 1.165) is 23.1 Å². The summed E-state index contributed by atoms with van der Waals surface area (Å²) in [5.74, 6) is 0.0334. The van der Waals surface area contributed by atoms with Crippen LogP contribution in [0.3, 0.4) is 0 Å². The van der Waals surface area contributed by atoms with Gasteiger partial charge in [-0.25, -0.2) is 4.68 Å². The Labute approximate surface area is 155 Å². The maximum Gasteiger partial charge on any atom is 0.274 e. The standard InChI is InChI=1S/C20H19N3O2S/c1-23-18(24)16-10-6-5-9-15(16)17(22-23)13-21-19(25)20(11-12-20)26-14-7-3-2-4-8-14/h2-10H,11-13H2,1H3,(H,21,25). The molecule has 0 bridgehead atoms. The zero-order chi connectivity index (χ0) is 18.1. The van der Waals surface area contributed by atoms with Gasteiger partial charge in [-0.05, 0) is 31.0 Å². The van der Waals surface area contributed by atoms with Gasteiger partial charge in [0.2, 0.25) is 5.91 Å². The first-order valence-corrected chi connectivity index (χ1v) is 9.38. The fraction of sp³-hybridized carbons (Fsp3) is 0.250. The first-order chi connectivity index (χ1) is 12.6. The molecule has 132 valence electrons. The molecule has 0 radical (unpaired) electrons. The van der Waals surface area contributed by atoms with Crippen molar-refractivity contribution in [3.05, 3.63) is 70.6 Å². The summed E-state index contributed by atoms with van der Waals surface area (Å²) >= 11 is 1.62. The number of nitrogens with zero attached hydrogens (tertiary/aromatic N) is 2. The van der Waals surface area contributed by atoms with Gasteiger partial charge in [-0.3, -0.25) is 9.59 Å². The normalized spacial score (nSPS) is 15.0. The monoisotopic (exact) mass is 365 g/mol. The smallest absolute Gasteiger partial charge is 0.274 e. The highest BCUT2D eigenvalue weighted by Crippen LogP contribution is 2.51. The van der Waals surface area contributed by atoms with E-state index in [0.29, 0.717) is 17.6 Å². The van der Waals surface area contributed by atoms with Crippen LogP contribution in [0.4, 0.5) is 0 Å². The first kappa shape index (κ1) is 16.8. The van der Waals surface area contributed by atoms with E-state index >= 15 is 0 Å². The minimum atomic E-state index is -0.377. The Kier molecular flexibility index (Phi) is 4.28. The molecule has 1 amide bonds. The Hall–Kier alpha value is -2.60. The second kappa shape index (κ2) is 6.61. The first-order valence-electron chi connectivity index (χ1n) is 8.56. The molecule has 1 aliphatic carbocycles. The Bertz CT molecular complexity index is 1030. The van der Waals surface area contributed by atoms with Crippen molar-refractivity contribution in [1.29, 1.82) is 0 Å². The van der Waals surface area contributed by atoms with E-state index in [-0.39, 0.29) is 16.2 Å². The number of thioether (sulfide) groups is 1. The Morgan fingerprint density at radius 2 is 1.77 bits per heavy atom. The van der Waals surface area contributed by atoms with Gasteiger partial charge < -0.3 is 5.32 Å². The van der Waals surface area contributed by atoms with Crippen LogP contribution in [0.25, 0.3) is 10.8 Å². The van der Waals surface area contributed by atoms with Crippen LogP contribution in [-0.4, -0.2) is 20.4 Å². The van der Waals surface area contributed by atoms with Gasteiger partial charge in [0.25, 0.3) is 5.56 Å². The molecular formula is C20H19N3O2S. The highest BCUT2D eigenvalue weighted by atomic mass is 32.2. The molecule has 0 aliphatic heterocycles. The second-order valence-corrected chi connectivity index (χ2v) is 7.97. The second-order valence-electron chi connectivity index (χ2n) is 6.51. The molecule has 1 aliphatic rings. The van der Waals surface area contributed by atoms with Gasteiger partial charge in [-0.1, -0.05) is 36.4 Å². The molecule has 0 spiro atoms. The van der Waals surface area contributed by atoms with Crippen molar-refractivity contribution >= 4 is 28.4 Å². The van der Waals surface area contributed by atoms with Gasteiger partial charge in [0.05, 0.1) is 22.4 Å². The van der Waals surface area contributed by atoms with Crippen molar-refractivity contribution in [3.8, 4) is 0 Å². The molecular weight excluding hydrogens is 346 g/mol. The molecule has 1 fully saturated rings. The minimum absolute atomic E-state index is 0.0334. The van der Waals surface area contributed by atoms with Crippen LogP contribution >= 0.6 is 11.8 Å². The highest BCUT2D eigenvalue weighted by Gasteiger charge is 2.50. The average Bonchev–Trinajstić information content (AvgIpc) is 3.45. The lowest BCUT2D eigenvalue weighted by atomic mass is 10.1. The van der Waals surface area contributed by atoms with Crippen molar-refractivity contribution in [2.24, 2.45) is 7.05 Å². The van der Waals surface area contributed by atoms with Gasteiger partial charge in [0.1, 0.15) is 0 Å². The number of aromatic nitrogens is 2. The molecule has 2 aromatic carbocycles. The summed E-state index contributed by atoms with van der Waals surface area (Å²) in [6.45, 7) is 0.310. The summed E-state index contributed by atoms with van der Waals surface area (Å²) in [5, 5.41) is 8.77. The molecule has 6 heteroatoms. The number of hydrogen-bond acceptors (Lipinski definition) is 4. The lowest BCUT2D eigenvalue weighted by molar-refractivity contribution is -0.121. The maximum absolute atomic E-state index is 12.8. The Morgan fingerprint density at radius 1 is 1.12 bits per heavy atom. The molecule has 0 saturated heterocycles. The van der Waals surface area contributed by atoms with E-state index in [9.17, 15) is 9.59 Å². The minimum Gasteiger partial charge on any atom is -0.349 e. The number of amides is 1. The number of fused-ring (bicyclic) bond motifs is 1. The van der Waals surface area contributed by atoms with Crippen molar-refractivity contribution in [2.45, 2.75) is 29.0 Å². The van der Waals surface area contributed by atoms with Crippen LogP contribution in [0.5, 0.6) is 0 Å². The van der Waals surface area contributed by atoms with Crippen molar-refractivity contribution in [2.75, 3.05) is 0 Å². The van der Waals surface area contributed by atoms with E-state index in [2.05, 4.69) is 10.4 Å². The number of rotatable bonds is 5. The quantitative estimate of drug-likeness (QED) is 0.755. The molecule has 1 aromatic heterocycles. The zero-order valence-electron chi connectivity index (χ0n) is 14.4. The van der Waals surface area contributed by atoms with Crippen LogP contribution in [-0.2, 0) is 18.4 Å². The number of aryl methyl sites for hydroxylation is 1. The number of benzene rings is 2. The van der Waals surface area contributed by atoms with Crippen molar-refractivity contribution < 1.29 is 4.79 Å². The molecule has 26 heavy (non-hydrogen) atoms. The lowest BCUT2D eigenvalue weighted by Gasteiger charge is -2.15. The third-order valence-corrected chi connectivity index (χ3v) is 6.12. The molecule has 0 atom stereocenters. The van der Waals surface area contributed by atoms with E-state index in [4.69, 9.17) is 0 Å². The van der Waals surface area contributed by atoms with E-state index < -0.39 is 0 Å². The number of hydrogen-bond donors (Lipinski definition) is 1. The lowest BCUT2D eigenvalue weighted by Crippen LogP contribution is -2.34. The summed E-state index contributed by atoms with van der Waals surface area (Å²) in [5.41, 5.74) is 0.575. The zero-order valence-corrected chi connectivity index (χ0v) is 15.3. The molecule has 0 unspecified atom stereocenters. The third kappa shape index (κ3) is 3.12. The average molecular weight is 365 g/mol. The molecule has 5 nitrogen and oxygen atoms in total. The van der Waals surface area contributed by atoms with Crippen molar-refractivity contribution in [1.82, 2.24) is 15.1 Å². The van der Waals surface area contributed by atoms with Gasteiger partial charge in [0.15, 0.2) is 0 Å². The summed E-state index contributed by atoms with van der Waals surface area (Å²) in [7, 11) is 1.63. The Morgan fingerprint density at radius 3 is 2.46 bits per heavy atom. The largest absolute Gasteiger partial charge is 0.349 e. The summed E-state index contributed by atoms with van der Waals surface area (Å²) in [4.78, 5) is 26.1. The van der Waals surface area contributed by atoms with Gasteiger partial charge in [0, 0.05) is 17.3 Å². The van der Waals surface area contributed by atoms with Gasteiger partial charge in [-0.15, -0.1) is 11.8 Å². The molecule has 1 N–H and O–H groups in total. The maximum atomic E-state index is 12.8. The van der Waals surface area contributed by atoms with E-state index in [1.165, 1.54) is 4.68 Å². The fourth-order valence-corrected chi connectivity index (χ4v) is 4.25. The topological polar surface area (TPSA) is 64.0 Å². The van der Waals surface area contributed by atoms with Crippen LogP contribution in [0.15, 0.2) is 64.3 Å². The van der Waals surface area contributed by atoms with Crippen LogP contribution in [0, 0.1) is 0 Å². The van der Waals surface area contributed by atoms with E-state index in [1.807, 2.05) is 48.5 Å². The third-order valence-electron chi connectivity index (χ3n) is 4.62. The number of carbonyl (C=O) groups excluding carboxylic acids is 1. The fourth-order valence-electron chi connectivity index (χ4n) is 3.03. The SMILES string of the molecule is Cn1nc(CNC(=O)C2(Sc3ccccc3)CC2)c2ccccc2c1=O. The Balaban J connectivity index is 1.53. The summed E-state index contributed by atoms with van der Waals surface area (Å²) < 4.78 is 0.952. The van der Waals surface area contributed by atoms with Gasteiger partial charge in [-0.2, -0.15) is 5.10 Å². The van der Waals surface area contributed by atoms with Crippen LogP contribution in [0.1, 0.15) is 18.5 Å². The predicted molar refractivity (Wildman–Crippen MR) is 103 cm³/mol. The van der Waals surface area contributed by atoms with Crippen molar-refractivity contribution in [3.63, 3.8) is 0 Å². The van der Waals surface area contributed by atoms with E-state index in [1.54, 1.807) is 24.9 Å². The van der Waals surface area contributed by atoms with Crippen LogP contribution in [0.2, 0.25) is 0 Å². The van der Waals surface area contributed by atoms with Gasteiger partial charge >= 0.3 is 0 Å². The molecule has 1 heterocycles. The number of nitrogens with one attached hydrogen (secondary N) is 1. The summed E-state index contributed by atoms with van der Waals surface area (Å²) in [6.07, 6.45) is 1.75. The molecule has 3 aromatic rings. The predicted octanol–water partition coefficient (Wildman–Crippen LogP) is 2.87. The molecule has 1 saturated carbocycles. The number of carbonyl (C=O) groups is 1. The van der Waals surface area contributed by atoms with Crippen LogP contribution < -0.4 is 10.9 Å².